The Morgan fingerprint density at radius 2 is 1.91 bits per heavy atom. The molecular weight excluding hydrogens is 407 g/mol. The number of hydrogen-bond acceptors (Lipinski definition) is 4. The van der Waals surface area contributed by atoms with Gasteiger partial charge in [0.1, 0.15) is 12.0 Å². The van der Waals surface area contributed by atoms with Crippen LogP contribution in [-0.4, -0.2) is 27.8 Å². The van der Waals surface area contributed by atoms with Crippen LogP contribution >= 0.6 is 0 Å². The quantitative estimate of drug-likeness (QED) is 0.499. The second kappa shape index (κ2) is 7.75. The highest BCUT2D eigenvalue weighted by atomic mass is 19.1. The van der Waals surface area contributed by atoms with Crippen molar-refractivity contribution in [2.75, 3.05) is 10.6 Å². The Morgan fingerprint density at radius 3 is 2.62 bits per heavy atom. The first-order valence-electron chi connectivity index (χ1n) is 10.6. The van der Waals surface area contributed by atoms with E-state index >= 15 is 0 Å². The van der Waals surface area contributed by atoms with Gasteiger partial charge < -0.3 is 15.6 Å². The second-order valence-electron chi connectivity index (χ2n) is 8.40. The standard InChI is InChI=1S/C25H23FN4O2/c1-13-10-19(31)21-22(14(13)2)30-23(24(21)28-16-6-4-3-5-7-16)15-8-9-27-20(11-15)29-25(32)17-12-18(17)26/h3-9,11,17-18,28,30H,10,12H2,1-2H3,(H,27,29,32)/t17-,18+/m1/s1. The van der Waals surface area contributed by atoms with Gasteiger partial charge in [0.2, 0.25) is 5.91 Å². The molecule has 0 aliphatic heterocycles. The fourth-order valence-electron chi connectivity index (χ4n) is 4.05. The lowest BCUT2D eigenvalue weighted by Crippen LogP contribution is -2.15. The van der Waals surface area contributed by atoms with Crippen LogP contribution in [-0.2, 0) is 4.79 Å². The van der Waals surface area contributed by atoms with E-state index in [1.54, 1.807) is 12.3 Å². The number of carbonyl (C=O) groups excluding carboxylic acids is 2. The number of halogens is 1. The van der Waals surface area contributed by atoms with Crippen LogP contribution in [0.5, 0.6) is 0 Å². The van der Waals surface area contributed by atoms with Gasteiger partial charge in [-0.25, -0.2) is 9.37 Å². The predicted molar refractivity (Wildman–Crippen MR) is 123 cm³/mol. The number of aromatic nitrogens is 2. The van der Waals surface area contributed by atoms with Crippen molar-refractivity contribution < 1.29 is 14.0 Å². The maximum absolute atomic E-state index is 13.2. The number of rotatable bonds is 5. The smallest absolute Gasteiger partial charge is 0.231 e. The summed E-state index contributed by atoms with van der Waals surface area (Å²) in [5, 5.41) is 6.11. The van der Waals surface area contributed by atoms with Crippen molar-refractivity contribution in [2.45, 2.75) is 32.9 Å². The molecule has 1 aromatic carbocycles. The summed E-state index contributed by atoms with van der Waals surface area (Å²) in [6.45, 7) is 3.98. The second-order valence-corrected chi connectivity index (χ2v) is 8.40. The van der Waals surface area contributed by atoms with Crippen LogP contribution in [0.25, 0.3) is 16.8 Å². The topological polar surface area (TPSA) is 86.9 Å². The number of nitrogens with zero attached hydrogens (tertiary/aromatic N) is 1. The number of allylic oxidation sites excluding steroid dienone is 2. The van der Waals surface area contributed by atoms with Crippen molar-refractivity contribution >= 4 is 34.5 Å². The third kappa shape index (κ3) is 3.60. The summed E-state index contributed by atoms with van der Waals surface area (Å²) < 4.78 is 13.2. The molecule has 3 aromatic rings. The number of fused-ring (bicyclic) bond motifs is 1. The molecule has 3 N–H and O–H groups in total. The van der Waals surface area contributed by atoms with Gasteiger partial charge in [-0.2, -0.15) is 0 Å². The minimum absolute atomic E-state index is 0.0503. The van der Waals surface area contributed by atoms with Gasteiger partial charge in [0.25, 0.3) is 0 Å². The lowest BCUT2D eigenvalue weighted by atomic mass is 9.90. The van der Waals surface area contributed by atoms with Gasteiger partial charge >= 0.3 is 0 Å². The molecule has 1 amide bonds. The number of nitrogens with one attached hydrogen (secondary N) is 3. The Balaban J connectivity index is 1.59. The van der Waals surface area contributed by atoms with E-state index in [1.807, 2.05) is 50.2 Å². The van der Waals surface area contributed by atoms with Crippen LogP contribution in [0, 0.1) is 5.92 Å². The van der Waals surface area contributed by atoms with E-state index in [0.717, 1.165) is 33.8 Å². The molecule has 32 heavy (non-hydrogen) atoms. The van der Waals surface area contributed by atoms with Crippen molar-refractivity contribution in [3.63, 3.8) is 0 Å². The third-order valence-electron chi connectivity index (χ3n) is 6.11. The summed E-state index contributed by atoms with van der Waals surface area (Å²) in [6.07, 6.45) is 1.15. The summed E-state index contributed by atoms with van der Waals surface area (Å²) in [4.78, 5) is 32.8. The number of benzene rings is 1. The number of H-pyrrole nitrogens is 1. The van der Waals surface area contributed by atoms with Crippen molar-refractivity contribution in [2.24, 2.45) is 5.92 Å². The summed E-state index contributed by atoms with van der Waals surface area (Å²) in [7, 11) is 0. The number of aromatic amines is 1. The van der Waals surface area contributed by atoms with Gasteiger partial charge in [-0.1, -0.05) is 23.8 Å². The first-order valence-corrected chi connectivity index (χ1v) is 10.6. The Hall–Kier alpha value is -3.74. The highest BCUT2D eigenvalue weighted by Gasteiger charge is 2.43. The van der Waals surface area contributed by atoms with E-state index in [-0.39, 0.29) is 18.1 Å². The van der Waals surface area contributed by atoms with Crippen LogP contribution in [0.1, 0.15) is 42.7 Å². The number of pyridine rings is 1. The van der Waals surface area contributed by atoms with E-state index in [0.29, 0.717) is 23.5 Å². The molecule has 0 radical (unpaired) electrons. The Kier molecular flexibility index (Phi) is 4.89. The Labute approximate surface area is 185 Å². The third-order valence-corrected chi connectivity index (χ3v) is 6.11. The predicted octanol–water partition coefficient (Wildman–Crippen LogP) is 5.50. The minimum Gasteiger partial charge on any atom is -0.353 e. The number of ketones is 1. The Bertz CT molecular complexity index is 1260. The van der Waals surface area contributed by atoms with Crippen molar-refractivity contribution in [1.82, 2.24) is 9.97 Å². The summed E-state index contributed by atoms with van der Waals surface area (Å²) in [5.74, 6) is -0.559. The molecule has 2 aliphatic carbocycles. The fraction of sp³-hybridized carbons (Fsp3) is 0.240. The number of anilines is 3. The SMILES string of the molecule is CC1=C(C)c2[nH]c(-c3ccnc(NC(=O)[C@@H]4C[C@@H]4F)c3)c(Nc3ccccc3)c2C(=O)C1. The normalized spacial score (nSPS) is 19.5. The average Bonchev–Trinajstić information content (AvgIpc) is 3.40. The molecule has 0 unspecified atom stereocenters. The monoisotopic (exact) mass is 430 g/mol. The summed E-state index contributed by atoms with van der Waals surface area (Å²) in [6, 6.07) is 13.2. The molecule has 2 aromatic heterocycles. The molecule has 6 nitrogen and oxygen atoms in total. The van der Waals surface area contributed by atoms with Crippen LogP contribution in [0.4, 0.5) is 21.6 Å². The molecule has 7 heteroatoms. The molecule has 2 atom stereocenters. The van der Waals surface area contributed by atoms with E-state index in [2.05, 4.69) is 20.6 Å². The van der Waals surface area contributed by atoms with Crippen LogP contribution in [0.3, 0.4) is 0 Å². The van der Waals surface area contributed by atoms with Crippen LogP contribution < -0.4 is 10.6 Å². The molecule has 2 heterocycles. The van der Waals surface area contributed by atoms with E-state index in [4.69, 9.17) is 0 Å². The van der Waals surface area contributed by atoms with Crippen molar-refractivity contribution in [1.29, 1.82) is 0 Å². The van der Waals surface area contributed by atoms with Gasteiger partial charge in [-0.15, -0.1) is 0 Å². The van der Waals surface area contributed by atoms with Gasteiger partial charge in [0.15, 0.2) is 5.78 Å². The molecule has 1 saturated carbocycles. The summed E-state index contributed by atoms with van der Waals surface area (Å²) in [5.41, 5.74) is 6.56. The number of amides is 1. The molecule has 1 fully saturated rings. The van der Waals surface area contributed by atoms with Gasteiger partial charge in [0.05, 0.1) is 28.6 Å². The molecule has 2 aliphatic rings. The average molecular weight is 430 g/mol. The lowest BCUT2D eigenvalue weighted by molar-refractivity contribution is -0.117. The highest BCUT2D eigenvalue weighted by molar-refractivity contribution is 6.12. The fourth-order valence-corrected chi connectivity index (χ4v) is 4.05. The molecule has 162 valence electrons. The number of carbonyl (C=O) groups is 2. The molecule has 0 saturated heterocycles. The minimum atomic E-state index is -1.07. The Morgan fingerprint density at radius 1 is 1.16 bits per heavy atom. The van der Waals surface area contributed by atoms with E-state index in [1.165, 1.54) is 0 Å². The number of para-hydroxylation sites is 1. The highest BCUT2D eigenvalue weighted by Crippen LogP contribution is 2.42. The van der Waals surface area contributed by atoms with E-state index < -0.39 is 12.1 Å². The molecule has 0 bridgehead atoms. The van der Waals surface area contributed by atoms with Gasteiger partial charge in [-0.3, -0.25) is 9.59 Å². The first kappa shape index (κ1) is 20.2. The van der Waals surface area contributed by atoms with Crippen molar-refractivity contribution in [3.8, 4) is 11.3 Å². The zero-order chi connectivity index (χ0) is 22.4. The lowest BCUT2D eigenvalue weighted by Gasteiger charge is -2.16. The van der Waals surface area contributed by atoms with Crippen LogP contribution in [0.15, 0.2) is 54.2 Å². The molecule has 5 rings (SSSR count). The molecular formula is C25H23FN4O2. The van der Waals surface area contributed by atoms with Crippen molar-refractivity contribution in [3.05, 3.63) is 65.5 Å². The number of alkyl halides is 1. The largest absolute Gasteiger partial charge is 0.353 e. The maximum atomic E-state index is 13.2. The molecule has 0 spiro atoms. The van der Waals surface area contributed by atoms with Crippen LogP contribution in [0.2, 0.25) is 0 Å². The first-order chi connectivity index (χ1) is 15.4. The maximum Gasteiger partial charge on any atom is 0.231 e. The van der Waals surface area contributed by atoms with Gasteiger partial charge in [-0.05, 0) is 50.1 Å². The zero-order valence-electron chi connectivity index (χ0n) is 17.8. The summed E-state index contributed by atoms with van der Waals surface area (Å²) >= 11 is 0. The number of Topliss-reactive ketones (excluding diaryl/α,β-unsaturated/α-hetero) is 1. The van der Waals surface area contributed by atoms with E-state index in [9.17, 15) is 14.0 Å². The van der Waals surface area contributed by atoms with Gasteiger partial charge in [0, 0.05) is 23.9 Å². The zero-order valence-corrected chi connectivity index (χ0v) is 17.8. The number of hydrogen-bond donors (Lipinski definition) is 3.